The first-order valence-electron chi connectivity index (χ1n) is 4.02. The Morgan fingerprint density at radius 3 is 2.08 bits per heavy atom. The lowest BCUT2D eigenvalue weighted by Gasteiger charge is -2.21. The van der Waals surface area contributed by atoms with Crippen molar-refractivity contribution in [1.82, 2.24) is 0 Å². The van der Waals surface area contributed by atoms with Crippen molar-refractivity contribution in [3.05, 3.63) is 0 Å². The number of hydrogen-bond acceptors (Lipinski definition) is 3. The highest BCUT2D eigenvalue weighted by Crippen LogP contribution is 2.38. The van der Waals surface area contributed by atoms with Crippen LogP contribution in [0.2, 0.25) is 0 Å². The van der Waals surface area contributed by atoms with Crippen LogP contribution in [-0.2, 0) is 4.79 Å². The van der Waals surface area contributed by atoms with Crippen LogP contribution in [0.1, 0.15) is 27.7 Å². The van der Waals surface area contributed by atoms with Crippen molar-refractivity contribution in [3.63, 3.8) is 0 Å². The monoisotopic (exact) mass is 189 g/mol. The summed E-state index contributed by atoms with van der Waals surface area (Å²) in [5, 5.41) is 12.6. The zero-order valence-corrected chi connectivity index (χ0v) is 8.70. The van der Waals surface area contributed by atoms with Gasteiger partial charge in [0, 0.05) is 13.8 Å². The molecule has 1 heterocycles. The molecule has 0 amide bonds. The molecule has 0 aromatic rings. The van der Waals surface area contributed by atoms with Crippen LogP contribution in [0.5, 0.6) is 0 Å². The molecule has 0 aromatic heterocycles. The molecular weight excluding hydrogens is 174 g/mol. The minimum Gasteiger partial charge on any atom is -0.544 e. The molecule has 0 aliphatic carbocycles. The molecule has 0 radical (unpaired) electrons. The number of carbonyl (C=O) groups is 1. The van der Waals surface area contributed by atoms with Gasteiger partial charge in [-0.1, -0.05) is 11.8 Å². The molecule has 1 fully saturated rings. The fourth-order valence-electron chi connectivity index (χ4n) is 1.73. The quantitative estimate of drug-likeness (QED) is 0.571. The van der Waals surface area contributed by atoms with Crippen molar-refractivity contribution in [2.45, 2.75) is 43.4 Å². The van der Waals surface area contributed by atoms with E-state index in [9.17, 15) is 9.90 Å². The van der Waals surface area contributed by atoms with E-state index in [0.717, 1.165) is 0 Å². The van der Waals surface area contributed by atoms with Crippen molar-refractivity contribution < 1.29 is 15.2 Å². The average Bonchev–Trinajstić information content (AvgIpc) is 1.99. The highest BCUT2D eigenvalue weighted by Gasteiger charge is 2.50. The molecule has 0 spiro atoms. The van der Waals surface area contributed by atoms with Gasteiger partial charge in [0.15, 0.2) is 0 Å². The number of carboxylic acids is 1. The Bertz CT molecular complexity index is 213. The Morgan fingerprint density at radius 2 is 1.92 bits per heavy atom. The second kappa shape index (κ2) is 2.64. The largest absolute Gasteiger partial charge is 0.544 e. The van der Waals surface area contributed by atoms with E-state index >= 15 is 0 Å². The second-order valence-electron chi connectivity index (χ2n) is 4.27. The highest BCUT2D eigenvalue weighted by atomic mass is 32.2. The van der Waals surface area contributed by atoms with E-state index in [4.69, 9.17) is 0 Å². The molecule has 3 nitrogen and oxygen atoms in total. The summed E-state index contributed by atoms with van der Waals surface area (Å²) < 4.78 is -0.234. The first kappa shape index (κ1) is 9.86. The lowest BCUT2D eigenvalue weighted by atomic mass is 10.0. The molecule has 0 unspecified atom stereocenters. The summed E-state index contributed by atoms with van der Waals surface area (Å²) in [5.41, 5.74) is 0. The van der Waals surface area contributed by atoms with Crippen LogP contribution < -0.4 is 10.4 Å². The molecule has 70 valence electrons. The van der Waals surface area contributed by atoms with E-state index in [1.54, 1.807) is 11.8 Å². The molecular formula is C8H15NO2S. The fourth-order valence-corrected chi connectivity index (χ4v) is 3.58. The average molecular weight is 189 g/mol. The van der Waals surface area contributed by atoms with E-state index in [2.05, 4.69) is 0 Å². The first-order valence-corrected chi connectivity index (χ1v) is 4.83. The summed E-state index contributed by atoms with van der Waals surface area (Å²) in [6.45, 7) is 7.96. The van der Waals surface area contributed by atoms with Crippen LogP contribution >= 0.6 is 11.8 Å². The van der Waals surface area contributed by atoms with Gasteiger partial charge in [-0.3, -0.25) is 0 Å². The Balaban J connectivity index is 2.85. The topological polar surface area (TPSA) is 56.7 Å². The number of nitrogens with two attached hydrogens (primary N) is 1. The zero-order valence-electron chi connectivity index (χ0n) is 7.88. The third-order valence-corrected chi connectivity index (χ3v) is 3.54. The molecule has 0 saturated carbocycles. The maximum absolute atomic E-state index is 10.7. The highest BCUT2D eigenvalue weighted by molar-refractivity contribution is 8.01. The smallest absolute Gasteiger partial charge is 0.142 e. The molecule has 1 aliphatic rings. The summed E-state index contributed by atoms with van der Waals surface area (Å²) in [5.74, 6) is -0.960. The Hall–Kier alpha value is -0.220. The first-order chi connectivity index (χ1) is 5.25. The molecule has 1 aliphatic heterocycles. The third-order valence-electron chi connectivity index (χ3n) is 2.10. The van der Waals surface area contributed by atoms with Gasteiger partial charge in [0.25, 0.3) is 0 Å². The van der Waals surface area contributed by atoms with Gasteiger partial charge in [-0.05, 0) is 13.8 Å². The van der Waals surface area contributed by atoms with E-state index in [-0.39, 0.29) is 9.62 Å². The van der Waals surface area contributed by atoms with Gasteiger partial charge in [0.2, 0.25) is 0 Å². The van der Waals surface area contributed by atoms with Gasteiger partial charge < -0.3 is 15.2 Å². The molecule has 2 N–H and O–H groups in total. The number of rotatable bonds is 1. The summed E-state index contributed by atoms with van der Waals surface area (Å²) in [7, 11) is 0. The van der Waals surface area contributed by atoms with Gasteiger partial charge in [0.05, 0.1) is 4.75 Å². The SMILES string of the molecule is CC1(C)[NH2+][C@H](C(=O)[O-])C(C)(C)S1. The second-order valence-corrected chi connectivity index (χ2v) is 6.58. The number of hydrogen-bond donors (Lipinski definition) is 1. The number of thioether (sulfide) groups is 1. The molecule has 1 saturated heterocycles. The third kappa shape index (κ3) is 1.75. The minimum absolute atomic E-state index is 0.0474. The standard InChI is InChI=1S/C8H15NO2S/c1-7(2)5(6(10)11)9-8(3,4)12-7/h5,9H,1-4H3,(H,10,11)/t5-/m1/s1. The molecule has 1 rings (SSSR count). The molecule has 4 heteroatoms. The number of carboxylic acid groups (broad SMARTS) is 1. The molecule has 12 heavy (non-hydrogen) atoms. The van der Waals surface area contributed by atoms with Crippen molar-refractivity contribution in [1.29, 1.82) is 0 Å². The Morgan fingerprint density at radius 1 is 1.42 bits per heavy atom. The van der Waals surface area contributed by atoms with Crippen LogP contribution in [0.25, 0.3) is 0 Å². The van der Waals surface area contributed by atoms with Crippen molar-refractivity contribution in [2.24, 2.45) is 0 Å². The zero-order chi connectivity index (χ0) is 9.57. The van der Waals surface area contributed by atoms with Crippen molar-refractivity contribution in [2.75, 3.05) is 0 Å². The van der Waals surface area contributed by atoms with Gasteiger partial charge in [0.1, 0.15) is 16.9 Å². The van der Waals surface area contributed by atoms with Crippen LogP contribution in [-0.4, -0.2) is 21.6 Å². The molecule has 0 aromatic carbocycles. The van der Waals surface area contributed by atoms with E-state index in [1.807, 2.05) is 33.0 Å². The number of quaternary nitrogens is 1. The number of carbonyl (C=O) groups excluding carboxylic acids is 1. The normalized spacial score (nSPS) is 31.8. The van der Waals surface area contributed by atoms with Gasteiger partial charge >= 0.3 is 0 Å². The van der Waals surface area contributed by atoms with Crippen LogP contribution in [0, 0.1) is 0 Å². The summed E-state index contributed by atoms with van der Waals surface area (Å²) in [4.78, 5) is 10.7. The molecule has 1 atom stereocenters. The number of aliphatic carboxylic acids is 1. The lowest BCUT2D eigenvalue weighted by Crippen LogP contribution is -2.99. The Kier molecular flexibility index (Phi) is 2.17. The summed E-state index contributed by atoms with van der Waals surface area (Å²) in [6.07, 6.45) is 0. The summed E-state index contributed by atoms with van der Waals surface area (Å²) >= 11 is 1.69. The van der Waals surface area contributed by atoms with Gasteiger partial charge in [-0.15, -0.1) is 0 Å². The maximum atomic E-state index is 10.7. The van der Waals surface area contributed by atoms with Crippen molar-refractivity contribution in [3.8, 4) is 0 Å². The van der Waals surface area contributed by atoms with E-state index < -0.39 is 12.0 Å². The maximum Gasteiger partial charge on any atom is 0.142 e. The van der Waals surface area contributed by atoms with Crippen LogP contribution in [0.3, 0.4) is 0 Å². The Labute approximate surface area is 76.9 Å². The van der Waals surface area contributed by atoms with Crippen LogP contribution in [0.15, 0.2) is 0 Å². The van der Waals surface area contributed by atoms with Gasteiger partial charge in [-0.2, -0.15) is 0 Å². The fraction of sp³-hybridized carbons (Fsp3) is 0.875. The molecule has 0 bridgehead atoms. The van der Waals surface area contributed by atoms with Crippen LogP contribution in [0.4, 0.5) is 0 Å². The minimum atomic E-state index is -0.960. The lowest BCUT2D eigenvalue weighted by molar-refractivity contribution is -0.715. The van der Waals surface area contributed by atoms with E-state index in [0.29, 0.717) is 0 Å². The van der Waals surface area contributed by atoms with E-state index in [1.165, 1.54) is 0 Å². The summed E-state index contributed by atoms with van der Waals surface area (Å²) in [6, 6.07) is -0.433. The predicted molar refractivity (Wildman–Crippen MR) is 46.5 cm³/mol. The predicted octanol–water partition coefficient (Wildman–Crippen LogP) is -1.07. The van der Waals surface area contributed by atoms with Crippen molar-refractivity contribution >= 4 is 17.7 Å². The van der Waals surface area contributed by atoms with Gasteiger partial charge in [-0.25, -0.2) is 0 Å².